The fraction of sp³-hybridized carbons (Fsp3) is 0.461. The number of aliphatic hydroxyl groups is 1. The number of nitrogens with one attached hydrogen (secondary N) is 2. The number of carbonyl (C=O) groups is 6. The Morgan fingerprint density at radius 1 is 0.466 bits per heavy atom. The minimum absolute atomic E-state index is 0. The molecule has 0 saturated carbocycles. The monoisotopic (exact) mass is 1690 g/mol. The van der Waals surface area contributed by atoms with Gasteiger partial charge in [0.25, 0.3) is 29.5 Å². The van der Waals surface area contributed by atoms with Crippen molar-refractivity contribution in [2.24, 2.45) is 0 Å². The Morgan fingerprint density at radius 2 is 0.793 bits per heavy atom. The van der Waals surface area contributed by atoms with E-state index >= 15 is 0 Å². The van der Waals surface area contributed by atoms with E-state index in [1.54, 1.807) is 69.6 Å². The van der Waals surface area contributed by atoms with Crippen molar-refractivity contribution in [1.29, 1.82) is 0 Å². The van der Waals surface area contributed by atoms with Gasteiger partial charge in [0.1, 0.15) is 34.5 Å². The molecule has 116 heavy (non-hydrogen) atoms. The minimum atomic E-state index is -3.19. The molecule has 0 spiro atoms. The number of ketones is 1. The zero-order chi connectivity index (χ0) is 83.8. The molecule has 624 valence electrons. The standard InChI is InChI=1S/C23H28N2O2.C13H15NO3.C13H17NO2.C12H15NO3.C11H15N.C10H11NO2.C6H18NSi2.CH3ClO2S.K/c1-27-21-7-8-22-20(17-21)11-14-25(23(22)26)16-15-24-12-9-19(10-13-24)18-5-3-2-4-6-18;1-9(15)8-14-6-5-10-7-11(17-2)3-4-12(10)13(14)16;1-3-7-14-8-6-10-9-11(16-2)4-5-12(10)13(14)15;1-16-10-2-3-11-9(8-10)4-5-13(6-7-14)12(11)15;1-2-4-10(5-3-1)11-6-8-12-9-7-11;1-13-8-2-3-9-7(6-8)4-5-11-10(9)12;1-8(2,3)7-9(4,5)6;1-5(2,3)4;/h2-8,17,19H,9-16H2,1H3;3-4,7H,5-6,8H2,1-2H3;4-5,9H,3,6-8H2,1-2H3;2-3,8,14H,4-7H2,1H3;1-5,11-12H,6-9H2;2-3,6H,4-5H2,1H3,(H,11,12);1-6H3;1H3;/q;;;;;;-1;;+1. The van der Waals surface area contributed by atoms with Gasteiger partial charge < -0.3 is 68.6 Å². The van der Waals surface area contributed by atoms with Gasteiger partial charge in [0, 0.05) is 97.4 Å². The molecular weight excluding hydrogens is 1570 g/mol. The van der Waals surface area contributed by atoms with Crippen molar-refractivity contribution in [3.8, 4) is 28.7 Å². The number of Topliss-reactive ketones (excluding diaryl/α,β-unsaturated/α-hetero) is 1. The Kier molecular flexibility index (Phi) is 40.9. The van der Waals surface area contributed by atoms with Gasteiger partial charge in [-0.25, -0.2) is 8.42 Å². The van der Waals surface area contributed by atoms with Gasteiger partial charge in [0.05, 0.1) is 55.0 Å². The van der Waals surface area contributed by atoms with Gasteiger partial charge in [0.2, 0.25) is 9.05 Å². The number of likely N-dealkylation sites (tertiary alicyclic amines) is 1. The Bertz CT molecular complexity index is 4330. The number of benzene rings is 7. The molecule has 7 heterocycles. The molecule has 2 fully saturated rings. The summed E-state index contributed by atoms with van der Waals surface area (Å²) in [7, 11) is 7.26. The van der Waals surface area contributed by atoms with Crippen LogP contribution in [0, 0.1) is 0 Å². The smallest absolute Gasteiger partial charge is 0.668 e. The maximum absolute atomic E-state index is 12.8. The maximum Gasteiger partial charge on any atom is 1.00 e. The molecule has 7 aliphatic rings. The van der Waals surface area contributed by atoms with Gasteiger partial charge in [-0.2, -0.15) is 0 Å². The molecule has 2 saturated heterocycles. The molecule has 0 atom stereocenters. The molecule has 0 bridgehead atoms. The van der Waals surface area contributed by atoms with Crippen LogP contribution >= 0.6 is 10.7 Å². The zero-order valence-electron chi connectivity index (χ0n) is 71.0. The van der Waals surface area contributed by atoms with E-state index in [4.69, 9.17) is 33.4 Å². The number of hydrogen-bond acceptors (Lipinski definition) is 16. The summed E-state index contributed by atoms with van der Waals surface area (Å²) in [5.74, 6) is 5.78. The van der Waals surface area contributed by atoms with Crippen LogP contribution in [0.2, 0.25) is 39.3 Å². The van der Waals surface area contributed by atoms with Crippen LogP contribution in [-0.4, -0.2) is 230 Å². The number of ether oxygens (including phenoxy) is 5. The Morgan fingerprint density at radius 3 is 1.13 bits per heavy atom. The molecule has 0 unspecified atom stereocenters. The van der Waals surface area contributed by atoms with Gasteiger partial charge in [-0.15, -0.1) is 0 Å². The van der Waals surface area contributed by atoms with Crippen LogP contribution in [0.3, 0.4) is 0 Å². The largest absolute Gasteiger partial charge is 1.00 e. The first-order chi connectivity index (χ1) is 54.9. The van der Waals surface area contributed by atoms with Gasteiger partial charge in [-0.05, 0) is 239 Å². The van der Waals surface area contributed by atoms with Crippen LogP contribution in [0.15, 0.2) is 152 Å². The number of amides is 5. The Labute approximate surface area is 738 Å². The molecule has 3 N–H and O–H groups in total. The van der Waals surface area contributed by atoms with Gasteiger partial charge in [-0.1, -0.05) is 123 Å². The first-order valence-corrected chi connectivity index (χ1v) is 49.5. The average molecular weight is 1690 g/mol. The summed E-state index contributed by atoms with van der Waals surface area (Å²) in [6.45, 7) is 28.8. The summed E-state index contributed by atoms with van der Waals surface area (Å²) < 4.78 is 49.4. The van der Waals surface area contributed by atoms with Crippen LogP contribution in [0.4, 0.5) is 0 Å². The van der Waals surface area contributed by atoms with Crippen LogP contribution in [0.25, 0.3) is 4.65 Å². The molecule has 14 rings (SSSR count). The number of hydrogen-bond donors (Lipinski definition) is 3. The van der Waals surface area contributed by atoms with Crippen LogP contribution in [0.1, 0.15) is 149 Å². The predicted molar refractivity (Wildman–Crippen MR) is 464 cm³/mol. The van der Waals surface area contributed by atoms with E-state index in [-0.39, 0.29) is 99.9 Å². The first-order valence-electron chi connectivity index (χ1n) is 39.9. The third-order valence-electron chi connectivity index (χ3n) is 20.3. The number of aliphatic hydroxyl groups excluding tert-OH is 1. The van der Waals surface area contributed by atoms with Gasteiger partial charge in [-0.3, -0.25) is 28.8 Å². The zero-order valence-corrected chi connectivity index (χ0v) is 77.7. The third-order valence-corrected chi connectivity index (χ3v) is 25.6. The number of rotatable bonds is 18. The van der Waals surface area contributed by atoms with Crippen molar-refractivity contribution in [3.63, 3.8) is 0 Å². The van der Waals surface area contributed by atoms with Crippen LogP contribution in [-0.2, 0) is 45.9 Å². The van der Waals surface area contributed by atoms with E-state index in [1.165, 1.54) is 56.8 Å². The molecule has 7 aliphatic heterocycles. The molecule has 5 amide bonds. The number of methoxy groups -OCH3 is 5. The number of piperidine rings is 2. The van der Waals surface area contributed by atoms with Crippen LogP contribution in [0.5, 0.6) is 28.7 Å². The minimum Gasteiger partial charge on any atom is -0.668 e. The van der Waals surface area contributed by atoms with Gasteiger partial charge in [0.15, 0.2) is 0 Å². The van der Waals surface area contributed by atoms with Crippen molar-refractivity contribution in [1.82, 2.24) is 35.1 Å². The van der Waals surface area contributed by atoms with Crippen molar-refractivity contribution < 1.29 is 117 Å². The molecule has 27 heteroatoms. The van der Waals surface area contributed by atoms with E-state index in [1.807, 2.05) is 76.5 Å². The first kappa shape index (κ1) is 97.5. The summed E-state index contributed by atoms with van der Waals surface area (Å²) in [6, 6.07) is 49.7. The number of carbonyl (C=O) groups excluding carboxylic acids is 6. The van der Waals surface area contributed by atoms with E-state index in [9.17, 15) is 37.2 Å². The van der Waals surface area contributed by atoms with E-state index < -0.39 is 25.5 Å². The van der Waals surface area contributed by atoms with Crippen molar-refractivity contribution in [2.45, 2.75) is 129 Å². The molecular formula is C89H122ClKN8O14SSi2. The second-order valence-electron chi connectivity index (χ2n) is 31.2. The van der Waals surface area contributed by atoms with Crippen molar-refractivity contribution >= 4 is 71.5 Å². The molecule has 0 aromatic heterocycles. The topological polar surface area (TPSA) is 257 Å². The molecule has 0 radical (unpaired) electrons. The average Bonchev–Trinajstić information content (AvgIpc) is 0.826. The number of β-amino-alcohol motifs (C(OH)–C–C–N with tert-alkyl or cyclic N) is 1. The fourth-order valence-corrected chi connectivity index (χ4v) is 23.0. The summed E-state index contributed by atoms with van der Waals surface area (Å²) in [4.78, 5) is 81.1. The molecule has 7 aromatic carbocycles. The van der Waals surface area contributed by atoms with Crippen molar-refractivity contribution in [2.75, 3.05) is 140 Å². The second-order valence-corrected chi connectivity index (χ2v) is 43.9. The summed E-state index contributed by atoms with van der Waals surface area (Å²) in [5, 5.41) is 15.0. The predicted octanol–water partition coefficient (Wildman–Crippen LogP) is 11.0. The molecule has 0 aliphatic carbocycles. The number of fused-ring (bicyclic) bond motifs is 5. The SMILES string of the molecule is CCCN1CCc2cc(OC)ccc2C1=O.COc1ccc2c(c1)CCN(CC(C)=O)C2=O.COc1ccc2c(c1)CCN(CCN1CCC(c3ccccc3)CC1)C2=O.COc1ccc2c(c1)CCN(CCO)C2=O.COc1ccc2c(c1)CCNC2=O.CS(=O)(=O)Cl.C[Si](C)(C)[N-][Si](C)(C)C.[K+].c1ccc(C2CCNCC2)cc1. The molecule has 22 nitrogen and oxygen atoms in total. The third kappa shape index (κ3) is 32.1. The second kappa shape index (κ2) is 48.7. The normalized spacial score (nSPS) is 15.7. The number of nitrogens with zero attached hydrogens (tertiary/aromatic N) is 6. The summed E-state index contributed by atoms with van der Waals surface area (Å²) in [5.41, 5.74) is 12.1. The molecule has 7 aromatic rings. The van der Waals surface area contributed by atoms with Gasteiger partial charge >= 0.3 is 51.4 Å². The summed E-state index contributed by atoms with van der Waals surface area (Å²) in [6.07, 6.45) is 11.3. The van der Waals surface area contributed by atoms with E-state index in [0.29, 0.717) is 31.1 Å². The Balaban J connectivity index is 0.000000213. The van der Waals surface area contributed by atoms with E-state index in [0.717, 1.165) is 182 Å². The van der Waals surface area contributed by atoms with Crippen LogP contribution < -0.4 is 85.7 Å². The number of halogens is 1. The fourth-order valence-electron chi connectivity index (χ4n) is 14.9. The maximum atomic E-state index is 12.8. The van der Waals surface area contributed by atoms with E-state index in [2.05, 4.69) is 133 Å². The Hall–Kier alpha value is -7.29. The quantitative estimate of drug-likeness (QED) is 0.0533. The summed E-state index contributed by atoms with van der Waals surface area (Å²) >= 11 is 0. The van der Waals surface area contributed by atoms with Crippen molar-refractivity contribution in [3.05, 3.63) is 223 Å².